The Morgan fingerprint density at radius 2 is 2.05 bits per heavy atom. The highest BCUT2D eigenvalue weighted by Gasteiger charge is 2.48. The molecule has 0 aromatic heterocycles. The number of halogens is 1. The highest BCUT2D eigenvalue weighted by Crippen LogP contribution is 2.41. The minimum Gasteiger partial charge on any atom is -0.489 e. The SMILES string of the molecule is CC1C=CC(Cl)=CC1(C(=O)O)C(C)Oc1ccccc1. The lowest BCUT2D eigenvalue weighted by molar-refractivity contribution is -0.153. The van der Waals surface area contributed by atoms with Gasteiger partial charge in [0.25, 0.3) is 0 Å². The molecule has 3 nitrogen and oxygen atoms in total. The van der Waals surface area contributed by atoms with E-state index in [0.717, 1.165) is 0 Å². The Morgan fingerprint density at radius 3 is 2.65 bits per heavy atom. The van der Waals surface area contributed by atoms with Crippen LogP contribution in [-0.4, -0.2) is 17.2 Å². The van der Waals surface area contributed by atoms with Crippen LogP contribution in [0.4, 0.5) is 0 Å². The fourth-order valence-corrected chi connectivity index (χ4v) is 2.78. The fourth-order valence-electron chi connectivity index (χ4n) is 2.52. The van der Waals surface area contributed by atoms with Crippen molar-refractivity contribution >= 4 is 17.6 Å². The molecule has 0 fully saturated rings. The summed E-state index contributed by atoms with van der Waals surface area (Å²) in [6, 6.07) is 9.19. The van der Waals surface area contributed by atoms with Gasteiger partial charge in [0.15, 0.2) is 0 Å². The van der Waals surface area contributed by atoms with E-state index in [1.54, 1.807) is 37.3 Å². The Hall–Kier alpha value is -1.74. The molecule has 1 N–H and O–H groups in total. The lowest BCUT2D eigenvalue weighted by atomic mass is 9.70. The molecule has 106 valence electrons. The van der Waals surface area contributed by atoms with E-state index in [9.17, 15) is 9.90 Å². The summed E-state index contributed by atoms with van der Waals surface area (Å²) >= 11 is 6.01. The number of ether oxygens (including phenoxy) is 1. The van der Waals surface area contributed by atoms with E-state index in [2.05, 4.69) is 0 Å². The van der Waals surface area contributed by atoms with Crippen LogP contribution in [0.5, 0.6) is 5.75 Å². The van der Waals surface area contributed by atoms with E-state index < -0.39 is 17.5 Å². The molecule has 3 atom stereocenters. The van der Waals surface area contributed by atoms with Crippen molar-refractivity contribution in [2.45, 2.75) is 20.0 Å². The summed E-state index contributed by atoms with van der Waals surface area (Å²) in [4.78, 5) is 11.8. The first-order chi connectivity index (χ1) is 9.46. The van der Waals surface area contributed by atoms with Gasteiger partial charge in [-0.2, -0.15) is 0 Å². The van der Waals surface area contributed by atoms with Crippen LogP contribution in [-0.2, 0) is 4.79 Å². The molecule has 1 aromatic carbocycles. The van der Waals surface area contributed by atoms with Crippen LogP contribution in [0, 0.1) is 11.3 Å². The molecule has 1 aliphatic rings. The third-order valence-electron chi connectivity index (χ3n) is 3.77. The van der Waals surface area contributed by atoms with Gasteiger partial charge in [-0.05, 0) is 37.1 Å². The molecule has 0 heterocycles. The van der Waals surface area contributed by atoms with Gasteiger partial charge in [-0.15, -0.1) is 0 Å². The van der Waals surface area contributed by atoms with Crippen LogP contribution in [0.25, 0.3) is 0 Å². The second-order valence-corrected chi connectivity index (χ2v) is 5.42. The van der Waals surface area contributed by atoms with Gasteiger partial charge in [-0.3, -0.25) is 4.79 Å². The summed E-state index contributed by atoms with van der Waals surface area (Å²) in [5.41, 5.74) is -1.17. The molecule has 0 spiro atoms. The van der Waals surface area contributed by atoms with Gasteiger partial charge >= 0.3 is 5.97 Å². The first-order valence-electron chi connectivity index (χ1n) is 6.48. The van der Waals surface area contributed by atoms with Gasteiger partial charge in [0.1, 0.15) is 17.3 Å². The Balaban J connectivity index is 2.34. The zero-order valence-electron chi connectivity index (χ0n) is 11.4. The lowest BCUT2D eigenvalue weighted by Gasteiger charge is -2.38. The summed E-state index contributed by atoms with van der Waals surface area (Å²) in [7, 11) is 0. The number of rotatable bonds is 4. The predicted molar refractivity (Wildman–Crippen MR) is 78.8 cm³/mol. The van der Waals surface area contributed by atoms with Gasteiger partial charge < -0.3 is 9.84 Å². The standard InChI is InChI=1S/C16H17ClO3/c1-11-8-9-13(17)10-16(11,15(18)19)12(2)20-14-6-4-3-5-7-14/h3-12H,1-2H3,(H,18,19). The van der Waals surface area contributed by atoms with Gasteiger partial charge in [0.2, 0.25) is 0 Å². The van der Waals surface area contributed by atoms with Gasteiger partial charge in [0, 0.05) is 5.03 Å². The first kappa shape index (κ1) is 14.7. The van der Waals surface area contributed by atoms with Gasteiger partial charge in [0.05, 0.1) is 0 Å². The minimum absolute atomic E-state index is 0.207. The van der Waals surface area contributed by atoms with Crippen LogP contribution in [0.15, 0.2) is 53.6 Å². The highest BCUT2D eigenvalue weighted by atomic mass is 35.5. The molecule has 4 heteroatoms. The maximum atomic E-state index is 11.8. The van der Waals surface area contributed by atoms with E-state index in [1.165, 1.54) is 0 Å². The monoisotopic (exact) mass is 292 g/mol. The third kappa shape index (κ3) is 2.59. The molecule has 0 aliphatic heterocycles. The molecular formula is C16H17ClO3. The second kappa shape index (κ2) is 5.71. The van der Waals surface area contributed by atoms with Crippen LogP contribution in [0.2, 0.25) is 0 Å². The van der Waals surface area contributed by atoms with Crippen molar-refractivity contribution in [2.24, 2.45) is 11.3 Å². The van der Waals surface area contributed by atoms with Crippen molar-refractivity contribution in [3.8, 4) is 5.75 Å². The Kier molecular flexibility index (Phi) is 4.19. The van der Waals surface area contributed by atoms with Crippen LogP contribution >= 0.6 is 11.6 Å². The third-order valence-corrected chi connectivity index (χ3v) is 4.01. The zero-order chi connectivity index (χ0) is 14.8. The van der Waals surface area contributed by atoms with Crippen molar-refractivity contribution < 1.29 is 14.6 Å². The molecule has 3 unspecified atom stereocenters. The van der Waals surface area contributed by atoms with Crippen LogP contribution in [0.3, 0.4) is 0 Å². The fraction of sp³-hybridized carbons (Fsp3) is 0.312. The highest BCUT2D eigenvalue weighted by molar-refractivity contribution is 6.31. The zero-order valence-corrected chi connectivity index (χ0v) is 12.2. The van der Waals surface area contributed by atoms with E-state index in [-0.39, 0.29) is 5.92 Å². The Labute approximate surface area is 123 Å². The lowest BCUT2D eigenvalue weighted by Crippen LogP contribution is -2.47. The first-order valence-corrected chi connectivity index (χ1v) is 6.86. The minimum atomic E-state index is -1.17. The quantitative estimate of drug-likeness (QED) is 0.917. The summed E-state index contributed by atoms with van der Waals surface area (Å²) in [6.07, 6.45) is 4.56. The largest absolute Gasteiger partial charge is 0.489 e. The van der Waals surface area contributed by atoms with Crippen molar-refractivity contribution in [1.29, 1.82) is 0 Å². The second-order valence-electron chi connectivity index (χ2n) is 4.99. The van der Waals surface area contributed by atoms with Crippen LogP contribution < -0.4 is 4.74 Å². The van der Waals surface area contributed by atoms with Crippen molar-refractivity contribution in [2.75, 3.05) is 0 Å². The number of aliphatic carboxylic acids is 1. The number of allylic oxidation sites excluding steroid dienone is 3. The molecule has 2 rings (SSSR count). The molecular weight excluding hydrogens is 276 g/mol. The average Bonchev–Trinajstić information content (AvgIpc) is 2.42. The number of hydrogen-bond acceptors (Lipinski definition) is 2. The van der Waals surface area contributed by atoms with E-state index in [0.29, 0.717) is 10.8 Å². The number of carboxylic acids is 1. The van der Waals surface area contributed by atoms with E-state index >= 15 is 0 Å². The molecule has 0 bridgehead atoms. The number of carbonyl (C=O) groups is 1. The molecule has 0 amide bonds. The summed E-state index contributed by atoms with van der Waals surface area (Å²) in [6.45, 7) is 3.62. The molecule has 0 radical (unpaired) electrons. The van der Waals surface area contributed by atoms with E-state index in [4.69, 9.17) is 16.3 Å². The molecule has 1 aromatic rings. The molecule has 0 saturated heterocycles. The number of carboxylic acid groups (broad SMARTS) is 1. The average molecular weight is 293 g/mol. The maximum absolute atomic E-state index is 11.8. The van der Waals surface area contributed by atoms with Crippen LogP contribution in [0.1, 0.15) is 13.8 Å². The summed E-state index contributed by atoms with van der Waals surface area (Å²) in [5, 5.41) is 10.1. The van der Waals surface area contributed by atoms with E-state index in [1.807, 2.05) is 25.1 Å². The normalized spacial score (nSPS) is 26.8. The molecule has 0 saturated carbocycles. The van der Waals surface area contributed by atoms with Crippen molar-refractivity contribution in [1.82, 2.24) is 0 Å². The topological polar surface area (TPSA) is 46.5 Å². The number of benzene rings is 1. The Morgan fingerprint density at radius 1 is 1.40 bits per heavy atom. The predicted octanol–water partition coefficient (Wildman–Crippen LogP) is 3.85. The van der Waals surface area contributed by atoms with Crippen molar-refractivity contribution in [3.05, 3.63) is 53.6 Å². The molecule has 20 heavy (non-hydrogen) atoms. The number of para-hydroxylation sites is 1. The van der Waals surface area contributed by atoms with Gasteiger partial charge in [-0.1, -0.05) is 42.8 Å². The van der Waals surface area contributed by atoms with Gasteiger partial charge in [-0.25, -0.2) is 0 Å². The summed E-state index contributed by atoms with van der Waals surface area (Å²) in [5.74, 6) is -0.496. The maximum Gasteiger partial charge on any atom is 0.317 e. The number of hydrogen-bond donors (Lipinski definition) is 1. The summed E-state index contributed by atoms with van der Waals surface area (Å²) < 4.78 is 5.82. The molecule has 1 aliphatic carbocycles. The Bertz CT molecular complexity index is 550. The smallest absolute Gasteiger partial charge is 0.317 e. The van der Waals surface area contributed by atoms with Crippen molar-refractivity contribution in [3.63, 3.8) is 0 Å².